The van der Waals surface area contributed by atoms with Crippen molar-refractivity contribution >= 4 is 17.3 Å². The highest BCUT2D eigenvalue weighted by Gasteiger charge is 2.33. The predicted molar refractivity (Wildman–Crippen MR) is 123 cm³/mol. The summed E-state index contributed by atoms with van der Waals surface area (Å²) in [7, 11) is 0. The van der Waals surface area contributed by atoms with Gasteiger partial charge < -0.3 is 4.90 Å². The highest BCUT2D eigenvalue weighted by Crippen LogP contribution is 2.36. The number of anilines is 1. The van der Waals surface area contributed by atoms with E-state index in [4.69, 9.17) is 11.6 Å². The van der Waals surface area contributed by atoms with E-state index in [0.717, 1.165) is 68.0 Å². The third-order valence-electron chi connectivity index (χ3n) is 5.82. The molecule has 0 radical (unpaired) electrons. The summed E-state index contributed by atoms with van der Waals surface area (Å²) in [5, 5.41) is 0.755. The summed E-state index contributed by atoms with van der Waals surface area (Å²) in [6.07, 6.45) is -1.08. The lowest BCUT2D eigenvalue weighted by Crippen LogP contribution is -2.46. The molecular weight excluding hydrogens is 435 g/mol. The van der Waals surface area contributed by atoms with Crippen molar-refractivity contribution in [3.05, 3.63) is 83.1 Å². The number of piperazine rings is 1. The second-order valence-corrected chi connectivity index (χ2v) is 8.43. The van der Waals surface area contributed by atoms with Gasteiger partial charge in [0.05, 0.1) is 5.56 Å². The maximum atomic E-state index is 13.3. The monoisotopic (exact) mass is 459 g/mol. The van der Waals surface area contributed by atoms with Gasteiger partial charge in [-0.15, -0.1) is 0 Å². The molecule has 0 atom stereocenters. The third kappa shape index (κ3) is 5.61. The van der Waals surface area contributed by atoms with Crippen LogP contribution in [0.2, 0.25) is 5.02 Å². The quantitative estimate of drug-likeness (QED) is 0.439. The van der Waals surface area contributed by atoms with Gasteiger partial charge in [-0.2, -0.15) is 13.2 Å². The molecule has 1 saturated heterocycles. The van der Waals surface area contributed by atoms with Gasteiger partial charge in [0.2, 0.25) is 0 Å². The molecule has 2 heterocycles. The number of hydrogen-bond acceptors (Lipinski definition) is 3. The Balaban J connectivity index is 1.27. The molecular formula is C25H25ClF3N3. The molecule has 4 rings (SSSR count). The summed E-state index contributed by atoms with van der Waals surface area (Å²) in [5.74, 6) is 0. The van der Waals surface area contributed by atoms with Crippen LogP contribution in [-0.4, -0.2) is 42.6 Å². The van der Waals surface area contributed by atoms with E-state index < -0.39 is 11.7 Å². The normalized spacial score (nSPS) is 15.2. The molecule has 1 aliphatic rings. The molecule has 32 heavy (non-hydrogen) atoms. The van der Waals surface area contributed by atoms with Crippen LogP contribution in [-0.2, 0) is 12.6 Å². The lowest BCUT2D eigenvalue weighted by Gasteiger charge is -2.36. The highest BCUT2D eigenvalue weighted by molar-refractivity contribution is 6.30. The van der Waals surface area contributed by atoms with Crippen LogP contribution < -0.4 is 4.90 Å². The number of rotatable bonds is 6. The summed E-state index contributed by atoms with van der Waals surface area (Å²) in [6.45, 7) is 4.89. The van der Waals surface area contributed by atoms with Crippen molar-refractivity contribution < 1.29 is 13.2 Å². The topological polar surface area (TPSA) is 19.4 Å². The predicted octanol–water partition coefficient (Wildman–Crippen LogP) is 6.18. The van der Waals surface area contributed by atoms with Gasteiger partial charge in [0.1, 0.15) is 0 Å². The second-order valence-electron chi connectivity index (χ2n) is 7.99. The fourth-order valence-corrected chi connectivity index (χ4v) is 4.28. The summed E-state index contributed by atoms with van der Waals surface area (Å²) in [4.78, 5) is 9.20. The standard InChI is InChI=1S/C25H25ClF3N3/c26-20-5-3-7-22(17-20)32-15-13-31(14-16-32)12-4-6-21-11-10-19(18-30-21)23-8-1-2-9-24(23)25(27,28)29/h1-3,5,7-11,17-18H,4,6,12-16H2. The van der Waals surface area contributed by atoms with E-state index in [1.54, 1.807) is 18.3 Å². The molecule has 1 aromatic heterocycles. The van der Waals surface area contributed by atoms with E-state index in [1.807, 2.05) is 24.3 Å². The van der Waals surface area contributed by atoms with Crippen LogP contribution in [0.5, 0.6) is 0 Å². The molecule has 0 aliphatic carbocycles. The minimum atomic E-state index is -4.38. The van der Waals surface area contributed by atoms with Crippen molar-refractivity contribution in [1.82, 2.24) is 9.88 Å². The molecule has 0 amide bonds. The second kappa shape index (κ2) is 9.92. The number of aryl methyl sites for hydroxylation is 1. The molecule has 0 N–H and O–H groups in total. The van der Waals surface area contributed by atoms with Gasteiger partial charge in [0, 0.05) is 54.3 Å². The zero-order chi connectivity index (χ0) is 22.6. The smallest absolute Gasteiger partial charge is 0.369 e. The molecule has 2 aromatic carbocycles. The first-order valence-electron chi connectivity index (χ1n) is 10.7. The van der Waals surface area contributed by atoms with Gasteiger partial charge in [-0.1, -0.05) is 41.9 Å². The number of alkyl halides is 3. The Hall–Kier alpha value is -2.57. The number of nitrogens with zero attached hydrogens (tertiary/aromatic N) is 3. The fourth-order valence-electron chi connectivity index (χ4n) is 4.10. The summed E-state index contributed by atoms with van der Waals surface area (Å²) in [6, 6.07) is 17.1. The number of halogens is 4. The van der Waals surface area contributed by atoms with Crippen LogP contribution in [0.3, 0.4) is 0 Å². The Morgan fingerprint density at radius 3 is 2.38 bits per heavy atom. The fraction of sp³-hybridized carbons (Fsp3) is 0.320. The van der Waals surface area contributed by atoms with Crippen molar-refractivity contribution in [3.63, 3.8) is 0 Å². The average Bonchev–Trinajstić information content (AvgIpc) is 2.79. The summed E-state index contributed by atoms with van der Waals surface area (Å²) >= 11 is 6.10. The third-order valence-corrected chi connectivity index (χ3v) is 6.06. The van der Waals surface area contributed by atoms with Crippen molar-refractivity contribution in [2.24, 2.45) is 0 Å². The van der Waals surface area contributed by atoms with E-state index in [9.17, 15) is 13.2 Å². The van der Waals surface area contributed by atoms with E-state index in [1.165, 1.54) is 12.1 Å². The first kappa shape index (κ1) is 22.6. The number of pyridine rings is 1. The van der Waals surface area contributed by atoms with Crippen molar-refractivity contribution in [1.29, 1.82) is 0 Å². The molecule has 168 valence electrons. The maximum Gasteiger partial charge on any atom is 0.417 e. The molecule has 0 bridgehead atoms. The highest BCUT2D eigenvalue weighted by atomic mass is 35.5. The van der Waals surface area contributed by atoms with Crippen LogP contribution in [0.15, 0.2) is 66.9 Å². The van der Waals surface area contributed by atoms with Crippen LogP contribution in [0.25, 0.3) is 11.1 Å². The summed E-state index contributed by atoms with van der Waals surface area (Å²) < 4.78 is 39.8. The summed E-state index contributed by atoms with van der Waals surface area (Å²) in [5.41, 5.74) is 2.08. The molecule has 0 saturated carbocycles. The van der Waals surface area contributed by atoms with Gasteiger partial charge in [0.25, 0.3) is 0 Å². The molecule has 0 spiro atoms. The maximum absolute atomic E-state index is 13.3. The first-order valence-corrected chi connectivity index (χ1v) is 11.1. The van der Waals surface area contributed by atoms with E-state index >= 15 is 0 Å². The van der Waals surface area contributed by atoms with Gasteiger partial charge in [-0.3, -0.25) is 9.88 Å². The Morgan fingerprint density at radius 1 is 0.906 bits per heavy atom. The lowest BCUT2D eigenvalue weighted by molar-refractivity contribution is -0.137. The van der Waals surface area contributed by atoms with Gasteiger partial charge in [-0.05, 0) is 55.3 Å². The van der Waals surface area contributed by atoms with Gasteiger partial charge in [0.15, 0.2) is 0 Å². The van der Waals surface area contributed by atoms with Crippen molar-refractivity contribution in [3.8, 4) is 11.1 Å². The van der Waals surface area contributed by atoms with E-state index in [2.05, 4.69) is 20.9 Å². The minimum Gasteiger partial charge on any atom is -0.369 e. The van der Waals surface area contributed by atoms with Crippen LogP contribution >= 0.6 is 11.6 Å². The van der Waals surface area contributed by atoms with Crippen molar-refractivity contribution in [2.45, 2.75) is 19.0 Å². The molecule has 7 heteroatoms. The molecule has 3 nitrogen and oxygen atoms in total. The van der Waals surface area contributed by atoms with E-state index in [0.29, 0.717) is 5.56 Å². The van der Waals surface area contributed by atoms with Gasteiger partial charge >= 0.3 is 6.18 Å². The SMILES string of the molecule is FC(F)(F)c1ccccc1-c1ccc(CCCN2CCN(c3cccc(Cl)c3)CC2)nc1. The Morgan fingerprint density at radius 2 is 1.69 bits per heavy atom. The largest absolute Gasteiger partial charge is 0.417 e. The minimum absolute atomic E-state index is 0.164. The van der Waals surface area contributed by atoms with Crippen LogP contribution in [0, 0.1) is 0 Å². The lowest BCUT2D eigenvalue weighted by atomic mass is 10.0. The van der Waals surface area contributed by atoms with Crippen LogP contribution in [0.1, 0.15) is 17.7 Å². The Labute approximate surface area is 191 Å². The Kier molecular flexibility index (Phi) is 7.01. The van der Waals surface area contributed by atoms with Crippen LogP contribution in [0.4, 0.5) is 18.9 Å². The molecule has 1 fully saturated rings. The van der Waals surface area contributed by atoms with E-state index in [-0.39, 0.29) is 5.56 Å². The number of hydrogen-bond donors (Lipinski definition) is 0. The number of aromatic nitrogens is 1. The van der Waals surface area contributed by atoms with Crippen molar-refractivity contribution in [2.75, 3.05) is 37.6 Å². The number of benzene rings is 2. The first-order chi connectivity index (χ1) is 15.4. The van der Waals surface area contributed by atoms with Gasteiger partial charge in [-0.25, -0.2) is 0 Å². The molecule has 3 aromatic rings. The Bertz CT molecular complexity index is 1030. The molecule has 1 aliphatic heterocycles. The molecule has 0 unspecified atom stereocenters. The zero-order valence-corrected chi connectivity index (χ0v) is 18.4. The zero-order valence-electron chi connectivity index (χ0n) is 17.7. The average molecular weight is 460 g/mol.